The summed E-state index contributed by atoms with van der Waals surface area (Å²) in [6, 6.07) is 3.84. The number of aromatic nitrogens is 1. The van der Waals surface area contributed by atoms with Crippen LogP contribution in [0, 0.1) is 5.92 Å². The van der Waals surface area contributed by atoms with E-state index in [1.807, 2.05) is 6.07 Å². The number of hydrogen-bond acceptors (Lipinski definition) is 4. The second-order valence-electron chi connectivity index (χ2n) is 4.48. The molecule has 2 atom stereocenters. The lowest BCUT2D eigenvalue weighted by atomic mass is 10.0. The average molecular weight is 251 g/mol. The largest absolute Gasteiger partial charge is 0.394 e. The first-order valence-electron chi connectivity index (χ1n) is 5.77. The van der Waals surface area contributed by atoms with E-state index in [0.29, 0.717) is 10.9 Å². The molecule has 92 valence electrons. The third-order valence-corrected chi connectivity index (χ3v) is 3.63. The number of nitrogens with two attached hydrogens (primary N) is 1. The van der Waals surface area contributed by atoms with E-state index in [4.69, 9.17) is 18.0 Å². The van der Waals surface area contributed by atoms with E-state index in [9.17, 15) is 5.11 Å². The highest BCUT2D eigenvalue weighted by Crippen LogP contribution is 2.28. The molecule has 0 bridgehead atoms. The molecule has 0 spiro atoms. The van der Waals surface area contributed by atoms with Crippen LogP contribution in [0.1, 0.15) is 18.9 Å². The molecule has 5 heteroatoms. The van der Waals surface area contributed by atoms with Gasteiger partial charge in [-0.25, -0.2) is 4.98 Å². The van der Waals surface area contributed by atoms with E-state index in [1.165, 1.54) is 0 Å². The van der Waals surface area contributed by atoms with Gasteiger partial charge in [0.05, 0.1) is 12.6 Å². The fourth-order valence-corrected chi connectivity index (χ4v) is 2.43. The zero-order chi connectivity index (χ0) is 12.4. The van der Waals surface area contributed by atoms with Crippen molar-refractivity contribution in [1.82, 2.24) is 4.98 Å². The summed E-state index contributed by atoms with van der Waals surface area (Å²) in [6.07, 6.45) is 2.78. The Labute approximate surface area is 106 Å². The molecule has 17 heavy (non-hydrogen) atoms. The minimum absolute atomic E-state index is 0.143. The first kappa shape index (κ1) is 12.3. The molecule has 0 aliphatic carbocycles. The summed E-state index contributed by atoms with van der Waals surface area (Å²) in [6.45, 7) is 3.22. The average Bonchev–Trinajstić information content (AvgIpc) is 2.70. The number of rotatable bonds is 3. The third kappa shape index (κ3) is 2.40. The lowest BCUT2D eigenvalue weighted by Crippen LogP contribution is -2.35. The number of aliphatic hydroxyl groups excluding tert-OH is 1. The highest BCUT2D eigenvalue weighted by molar-refractivity contribution is 7.80. The van der Waals surface area contributed by atoms with Gasteiger partial charge in [0.2, 0.25) is 0 Å². The molecule has 0 radical (unpaired) electrons. The molecule has 1 saturated heterocycles. The van der Waals surface area contributed by atoms with Gasteiger partial charge in [-0.15, -0.1) is 0 Å². The summed E-state index contributed by atoms with van der Waals surface area (Å²) in [5.74, 6) is 1.33. The Morgan fingerprint density at radius 3 is 3.12 bits per heavy atom. The van der Waals surface area contributed by atoms with E-state index in [2.05, 4.69) is 16.8 Å². The Kier molecular flexibility index (Phi) is 3.59. The van der Waals surface area contributed by atoms with Crippen molar-refractivity contribution in [1.29, 1.82) is 0 Å². The maximum atomic E-state index is 9.43. The molecule has 0 saturated carbocycles. The van der Waals surface area contributed by atoms with Crippen molar-refractivity contribution in [2.45, 2.75) is 19.4 Å². The Bertz CT molecular complexity index is 424. The molecule has 1 aromatic heterocycles. The van der Waals surface area contributed by atoms with Crippen LogP contribution in [0.3, 0.4) is 0 Å². The molecule has 0 aromatic carbocycles. The zero-order valence-corrected chi connectivity index (χ0v) is 10.7. The molecule has 0 amide bonds. The van der Waals surface area contributed by atoms with Crippen LogP contribution in [-0.4, -0.2) is 34.3 Å². The van der Waals surface area contributed by atoms with Crippen LogP contribution in [0.25, 0.3) is 0 Å². The van der Waals surface area contributed by atoms with Crippen molar-refractivity contribution in [3.05, 3.63) is 23.9 Å². The summed E-state index contributed by atoms with van der Waals surface area (Å²) >= 11 is 4.96. The van der Waals surface area contributed by atoms with Crippen molar-refractivity contribution in [2.75, 3.05) is 18.1 Å². The van der Waals surface area contributed by atoms with Crippen molar-refractivity contribution >= 4 is 23.0 Å². The zero-order valence-electron chi connectivity index (χ0n) is 9.84. The van der Waals surface area contributed by atoms with E-state index in [1.54, 1.807) is 12.3 Å². The van der Waals surface area contributed by atoms with Crippen LogP contribution in [0.4, 0.5) is 5.82 Å². The second-order valence-corrected chi connectivity index (χ2v) is 4.92. The Balaban J connectivity index is 2.28. The molecule has 1 aliphatic rings. The van der Waals surface area contributed by atoms with E-state index in [0.717, 1.165) is 24.3 Å². The van der Waals surface area contributed by atoms with E-state index >= 15 is 0 Å². The first-order valence-corrected chi connectivity index (χ1v) is 6.17. The van der Waals surface area contributed by atoms with Crippen LogP contribution in [0.15, 0.2) is 18.3 Å². The fraction of sp³-hybridized carbons (Fsp3) is 0.500. The van der Waals surface area contributed by atoms with Gasteiger partial charge < -0.3 is 15.7 Å². The number of anilines is 1. The summed E-state index contributed by atoms with van der Waals surface area (Å²) in [5.41, 5.74) is 6.43. The molecule has 1 fully saturated rings. The maximum Gasteiger partial charge on any atom is 0.129 e. The third-order valence-electron chi connectivity index (χ3n) is 3.39. The van der Waals surface area contributed by atoms with Gasteiger partial charge in [-0.1, -0.05) is 19.1 Å². The lowest BCUT2D eigenvalue weighted by Gasteiger charge is -2.26. The Hall–Kier alpha value is -1.20. The molecular weight excluding hydrogens is 234 g/mol. The van der Waals surface area contributed by atoms with Crippen molar-refractivity contribution in [2.24, 2.45) is 11.7 Å². The Morgan fingerprint density at radius 1 is 1.71 bits per heavy atom. The fourth-order valence-electron chi connectivity index (χ4n) is 2.30. The number of thiocarbonyl (C=S) groups is 1. The quantitative estimate of drug-likeness (QED) is 0.782. The minimum atomic E-state index is 0.143. The highest BCUT2D eigenvalue weighted by Gasteiger charge is 2.31. The predicted octanol–water partition coefficient (Wildman–Crippen LogP) is 0.923. The molecule has 4 nitrogen and oxygen atoms in total. The summed E-state index contributed by atoms with van der Waals surface area (Å²) in [5, 5.41) is 9.43. The minimum Gasteiger partial charge on any atom is -0.394 e. The molecule has 2 heterocycles. The number of aliphatic hydroxyl groups is 1. The van der Waals surface area contributed by atoms with E-state index < -0.39 is 0 Å². The number of nitrogens with zero attached hydrogens (tertiary/aromatic N) is 2. The summed E-state index contributed by atoms with van der Waals surface area (Å²) in [7, 11) is 0. The monoisotopic (exact) mass is 251 g/mol. The van der Waals surface area contributed by atoms with Crippen LogP contribution in [0.5, 0.6) is 0 Å². The van der Waals surface area contributed by atoms with Gasteiger partial charge in [0.15, 0.2) is 0 Å². The Morgan fingerprint density at radius 2 is 2.47 bits per heavy atom. The van der Waals surface area contributed by atoms with Gasteiger partial charge >= 0.3 is 0 Å². The second kappa shape index (κ2) is 4.98. The van der Waals surface area contributed by atoms with Crippen molar-refractivity contribution in [3.8, 4) is 0 Å². The van der Waals surface area contributed by atoms with Crippen LogP contribution >= 0.6 is 12.2 Å². The normalized spacial score (nSPS) is 24.0. The van der Waals surface area contributed by atoms with E-state index in [-0.39, 0.29) is 12.6 Å². The van der Waals surface area contributed by atoms with Gasteiger partial charge in [-0.05, 0) is 24.5 Å². The predicted molar refractivity (Wildman–Crippen MR) is 72.1 cm³/mol. The van der Waals surface area contributed by atoms with Crippen LogP contribution in [-0.2, 0) is 0 Å². The number of hydrogen-bond donors (Lipinski definition) is 2. The first-order chi connectivity index (χ1) is 8.13. The summed E-state index contributed by atoms with van der Waals surface area (Å²) in [4.78, 5) is 6.84. The van der Waals surface area contributed by atoms with Gasteiger partial charge in [0, 0.05) is 18.3 Å². The number of pyridine rings is 1. The molecule has 3 N–H and O–H groups in total. The molecule has 1 aliphatic heterocycles. The van der Waals surface area contributed by atoms with Gasteiger partial charge in [-0.2, -0.15) is 0 Å². The van der Waals surface area contributed by atoms with Gasteiger partial charge in [0.1, 0.15) is 10.8 Å². The maximum absolute atomic E-state index is 9.43. The molecular formula is C12H17N3OS. The molecule has 2 unspecified atom stereocenters. The van der Waals surface area contributed by atoms with Gasteiger partial charge in [0.25, 0.3) is 0 Å². The topological polar surface area (TPSA) is 62.4 Å². The molecule has 2 rings (SSSR count). The summed E-state index contributed by atoms with van der Waals surface area (Å²) < 4.78 is 0. The van der Waals surface area contributed by atoms with Crippen LogP contribution < -0.4 is 10.6 Å². The van der Waals surface area contributed by atoms with Crippen LogP contribution in [0.2, 0.25) is 0 Å². The van der Waals surface area contributed by atoms with Gasteiger partial charge in [-0.3, -0.25) is 0 Å². The SMILES string of the molecule is CC1CCN(c2cc(C(N)=S)ccn2)C1CO. The smallest absolute Gasteiger partial charge is 0.129 e. The highest BCUT2D eigenvalue weighted by atomic mass is 32.1. The van der Waals surface area contributed by atoms with Crippen molar-refractivity contribution in [3.63, 3.8) is 0 Å². The van der Waals surface area contributed by atoms with Crippen molar-refractivity contribution < 1.29 is 5.11 Å². The lowest BCUT2D eigenvalue weighted by molar-refractivity contribution is 0.244. The standard InChI is InChI=1S/C12H17N3OS/c1-8-3-5-15(10(8)7-16)11-6-9(12(13)17)2-4-14-11/h2,4,6,8,10,16H,3,5,7H2,1H3,(H2,13,17). The molecule has 1 aromatic rings.